The summed E-state index contributed by atoms with van der Waals surface area (Å²) >= 11 is 0. The summed E-state index contributed by atoms with van der Waals surface area (Å²) in [5.41, 5.74) is 9.95. The van der Waals surface area contributed by atoms with Crippen LogP contribution in [0.5, 0.6) is 0 Å². The van der Waals surface area contributed by atoms with Crippen molar-refractivity contribution < 1.29 is 9.21 Å². The number of nitrogen functional groups attached to an aromatic ring is 1. The lowest BCUT2D eigenvalue weighted by Gasteiger charge is -2.34. The van der Waals surface area contributed by atoms with Crippen molar-refractivity contribution in [1.29, 1.82) is 0 Å². The highest BCUT2D eigenvalue weighted by Crippen LogP contribution is 2.34. The second kappa shape index (κ2) is 7.87. The smallest absolute Gasteiger partial charge is 0.254 e. The minimum Gasteiger partial charge on any atom is -0.469 e. The van der Waals surface area contributed by atoms with Crippen LogP contribution in [-0.2, 0) is 17.6 Å². The van der Waals surface area contributed by atoms with Gasteiger partial charge >= 0.3 is 0 Å². The molecule has 0 spiro atoms. The fraction of sp³-hybridized carbons (Fsp3) is 0.240. The number of nitrogens with two attached hydrogens (primary N) is 1. The Bertz CT molecular complexity index is 1150. The average Bonchev–Trinajstić information content (AvgIpc) is 3.41. The molecule has 5 rings (SSSR count). The Labute approximate surface area is 181 Å². The third-order valence-electron chi connectivity index (χ3n) is 6.02. The first-order chi connectivity index (χ1) is 15.1. The predicted octanol–water partition coefficient (Wildman–Crippen LogP) is 3.76. The summed E-state index contributed by atoms with van der Waals surface area (Å²) in [6, 6.07) is 18.6. The molecule has 0 bridgehead atoms. The third kappa shape index (κ3) is 3.54. The molecule has 3 atom stereocenters. The zero-order valence-electron chi connectivity index (χ0n) is 17.3. The van der Waals surface area contributed by atoms with Crippen LogP contribution in [0.25, 0.3) is 0 Å². The number of amides is 1. The van der Waals surface area contributed by atoms with Gasteiger partial charge in [-0.25, -0.2) is 0 Å². The maximum Gasteiger partial charge on any atom is 0.254 e. The van der Waals surface area contributed by atoms with Crippen molar-refractivity contribution in [2.75, 3.05) is 5.73 Å². The molecular formula is C25H24N4O2. The van der Waals surface area contributed by atoms with Gasteiger partial charge in [0.05, 0.1) is 12.3 Å². The molecule has 2 aliphatic heterocycles. The third-order valence-corrected chi connectivity index (χ3v) is 6.02. The molecule has 2 N–H and O–H groups in total. The highest BCUT2D eigenvalue weighted by Gasteiger charge is 2.44. The lowest BCUT2D eigenvalue weighted by atomic mass is 9.95. The highest BCUT2D eigenvalue weighted by molar-refractivity contribution is 6.12. The molecule has 0 aliphatic carbocycles. The van der Waals surface area contributed by atoms with Crippen molar-refractivity contribution in [2.24, 2.45) is 9.98 Å². The molecule has 3 heterocycles. The Morgan fingerprint density at radius 3 is 2.61 bits per heavy atom. The van der Waals surface area contributed by atoms with Crippen LogP contribution in [0.1, 0.15) is 28.5 Å². The molecule has 1 amide bonds. The number of benzene rings is 2. The first-order valence-electron chi connectivity index (χ1n) is 10.5. The number of anilines is 1. The lowest BCUT2D eigenvalue weighted by molar-refractivity contribution is -0.128. The largest absolute Gasteiger partial charge is 0.469 e. The number of rotatable bonds is 5. The summed E-state index contributed by atoms with van der Waals surface area (Å²) in [4.78, 5) is 25.0. The Morgan fingerprint density at radius 1 is 1.00 bits per heavy atom. The van der Waals surface area contributed by atoms with Crippen LogP contribution >= 0.6 is 0 Å². The highest BCUT2D eigenvalue weighted by atomic mass is 16.3. The molecule has 6 heteroatoms. The average molecular weight is 412 g/mol. The summed E-state index contributed by atoms with van der Waals surface area (Å²) in [5, 5.41) is 0. The molecule has 31 heavy (non-hydrogen) atoms. The zero-order chi connectivity index (χ0) is 21.4. The molecule has 3 aromatic rings. The van der Waals surface area contributed by atoms with E-state index in [1.165, 1.54) is 0 Å². The van der Waals surface area contributed by atoms with E-state index in [1.807, 2.05) is 66.6 Å². The first kappa shape index (κ1) is 19.3. The second-order valence-electron chi connectivity index (χ2n) is 8.00. The molecule has 156 valence electrons. The Morgan fingerprint density at radius 2 is 1.84 bits per heavy atom. The van der Waals surface area contributed by atoms with Crippen molar-refractivity contribution in [3.8, 4) is 0 Å². The van der Waals surface area contributed by atoms with Gasteiger partial charge in [0.15, 0.2) is 0 Å². The van der Waals surface area contributed by atoms with Gasteiger partial charge in [-0.2, -0.15) is 0 Å². The van der Waals surface area contributed by atoms with E-state index in [1.54, 1.807) is 6.26 Å². The van der Waals surface area contributed by atoms with Crippen LogP contribution in [0.15, 0.2) is 81.3 Å². The molecule has 6 nitrogen and oxygen atoms in total. The van der Waals surface area contributed by atoms with Crippen molar-refractivity contribution in [2.45, 2.75) is 37.9 Å². The van der Waals surface area contributed by atoms with Crippen LogP contribution in [-0.4, -0.2) is 34.9 Å². The number of aliphatic imine (C=N–C) groups is 2. The fourth-order valence-corrected chi connectivity index (χ4v) is 4.34. The van der Waals surface area contributed by atoms with E-state index in [2.05, 4.69) is 12.1 Å². The summed E-state index contributed by atoms with van der Waals surface area (Å²) in [6.07, 6.45) is 4.62. The number of amidine groups is 1. The number of carbonyl (C=O) groups excluding carboxylic acids is 1. The van der Waals surface area contributed by atoms with Crippen LogP contribution in [0.2, 0.25) is 0 Å². The summed E-state index contributed by atoms with van der Waals surface area (Å²) in [6.45, 7) is 1.98. The molecule has 0 saturated carbocycles. The van der Waals surface area contributed by atoms with Crippen molar-refractivity contribution in [3.05, 3.63) is 89.4 Å². The van der Waals surface area contributed by atoms with E-state index in [0.29, 0.717) is 18.5 Å². The molecule has 0 fully saturated rings. The summed E-state index contributed by atoms with van der Waals surface area (Å²) < 4.78 is 5.48. The zero-order valence-corrected chi connectivity index (χ0v) is 17.3. The molecule has 3 unspecified atom stereocenters. The Kier molecular flexibility index (Phi) is 4.90. The van der Waals surface area contributed by atoms with Crippen LogP contribution in [0.4, 0.5) is 5.69 Å². The number of hydrogen-bond acceptors (Lipinski definition) is 5. The maximum atomic E-state index is 13.5. The van der Waals surface area contributed by atoms with Gasteiger partial charge in [-0.05, 0) is 41.8 Å². The molecule has 2 aliphatic rings. The minimum atomic E-state index is -0.509. The first-order valence-corrected chi connectivity index (χ1v) is 10.5. The minimum absolute atomic E-state index is 0.0255. The number of furan rings is 1. The quantitative estimate of drug-likeness (QED) is 0.648. The van der Waals surface area contributed by atoms with Gasteiger partial charge in [-0.15, -0.1) is 0 Å². The van der Waals surface area contributed by atoms with E-state index in [0.717, 1.165) is 28.3 Å². The normalized spacial score (nSPS) is 22.5. The molecule has 1 aromatic heterocycles. The van der Waals surface area contributed by atoms with Gasteiger partial charge in [0.25, 0.3) is 5.91 Å². The fourth-order valence-electron chi connectivity index (χ4n) is 4.34. The molecule has 0 saturated heterocycles. The molecule has 0 radical (unpaired) electrons. The maximum absolute atomic E-state index is 13.5. The number of nitrogens with zero attached hydrogens (tertiary/aromatic N) is 3. The number of hydrogen-bond donors (Lipinski definition) is 1. The van der Waals surface area contributed by atoms with E-state index in [4.69, 9.17) is 20.1 Å². The van der Waals surface area contributed by atoms with Crippen LogP contribution in [0.3, 0.4) is 0 Å². The predicted molar refractivity (Wildman–Crippen MR) is 121 cm³/mol. The number of carbonyl (C=O) groups is 1. The monoisotopic (exact) mass is 412 g/mol. The SMILES string of the molecule is Cc1c(N)cccc1C1C=NC(Cc2ccccc2)C2=NC(Cc3ccco3)C(=O)N21. The Hall–Kier alpha value is -3.67. The lowest BCUT2D eigenvalue weighted by Crippen LogP contribution is -2.47. The summed E-state index contributed by atoms with van der Waals surface area (Å²) in [7, 11) is 0. The van der Waals surface area contributed by atoms with E-state index < -0.39 is 6.04 Å². The molecular weight excluding hydrogens is 388 g/mol. The second-order valence-corrected chi connectivity index (χ2v) is 8.00. The van der Waals surface area contributed by atoms with Gasteiger partial charge in [-0.3, -0.25) is 19.7 Å². The number of fused-ring (bicyclic) bond motifs is 1. The van der Waals surface area contributed by atoms with Crippen molar-refractivity contribution in [3.63, 3.8) is 0 Å². The van der Waals surface area contributed by atoms with Gasteiger partial charge in [0, 0.05) is 24.7 Å². The van der Waals surface area contributed by atoms with E-state index in [9.17, 15) is 4.79 Å². The van der Waals surface area contributed by atoms with E-state index in [-0.39, 0.29) is 18.0 Å². The van der Waals surface area contributed by atoms with Gasteiger partial charge < -0.3 is 10.2 Å². The Balaban J connectivity index is 1.53. The van der Waals surface area contributed by atoms with E-state index >= 15 is 0 Å². The van der Waals surface area contributed by atoms with Crippen LogP contribution < -0.4 is 5.73 Å². The van der Waals surface area contributed by atoms with Crippen molar-refractivity contribution >= 4 is 23.6 Å². The summed E-state index contributed by atoms with van der Waals surface area (Å²) in [5.74, 6) is 1.45. The van der Waals surface area contributed by atoms with Gasteiger partial charge in [0.1, 0.15) is 23.7 Å². The standard InChI is InChI=1S/C25H24N4O2/c1-16-19(10-5-11-20(16)26)23-15-27-21(13-17-7-3-2-4-8-17)24-28-22(25(30)29(23)24)14-18-9-6-12-31-18/h2-12,15,21-23H,13-14,26H2,1H3. The van der Waals surface area contributed by atoms with Gasteiger partial charge in [0.2, 0.25) is 0 Å². The van der Waals surface area contributed by atoms with Crippen molar-refractivity contribution in [1.82, 2.24) is 4.90 Å². The topological polar surface area (TPSA) is 84.2 Å². The van der Waals surface area contributed by atoms with Crippen LogP contribution in [0, 0.1) is 6.92 Å². The molecule has 2 aromatic carbocycles. The van der Waals surface area contributed by atoms with Gasteiger partial charge in [-0.1, -0.05) is 42.5 Å².